The summed E-state index contributed by atoms with van der Waals surface area (Å²) in [5.41, 5.74) is 8.99. The van der Waals surface area contributed by atoms with E-state index in [2.05, 4.69) is 22.8 Å². The molecule has 0 unspecified atom stereocenters. The molecule has 0 fully saturated rings. The van der Waals surface area contributed by atoms with Gasteiger partial charge in [0, 0.05) is 25.0 Å². The molecule has 2 amide bonds. The smallest absolute Gasteiger partial charge is 0.316 e. The van der Waals surface area contributed by atoms with Crippen LogP contribution >= 0.6 is 0 Å². The quantitative estimate of drug-likeness (QED) is 0.763. The average molecular weight is 285 g/mol. The highest BCUT2D eigenvalue weighted by molar-refractivity contribution is 5.88. The molecule has 0 bridgehead atoms. The number of hydrogen-bond donors (Lipinski definition) is 3. The molecule has 0 heterocycles. The zero-order valence-corrected chi connectivity index (χ0v) is 11.9. The van der Waals surface area contributed by atoms with Gasteiger partial charge in [-0.3, -0.25) is 0 Å². The van der Waals surface area contributed by atoms with E-state index in [0.29, 0.717) is 18.8 Å². The molecule has 0 saturated carbocycles. The second-order valence-corrected chi connectivity index (χ2v) is 4.68. The van der Waals surface area contributed by atoms with Crippen molar-refractivity contribution >= 4 is 17.4 Å². The first kappa shape index (κ1) is 14.9. The van der Waals surface area contributed by atoms with Crippen molar-refractivity contribution in [2.45, 2.75) is 13.2 Å². The predicted molar refractivity (Wildman–Crippen MR) is 84.1 cm³/mol. The largest absolute Gasteiger partial charge is 0.381 e. The molecular weight excluding hydrogens is 266 g/mol. The molecule has 0 radical (unpaired) electrons. The SMILES string of the molecule is COCc1cccc(CNc2cccc(NC(N)=O)c2)c1. The van der Waals surface area contributed by atoms with E-state index in [1.165, 1.54) is 0 Å². The Morgan fingerprint density at radius 1 is 1.10 bits per heavy atom. The fourth-order valence-electron chi connectivity index (χ4n) is 2.05. The van der Waals surface area contributed by atoms with Crippen molar-refractivity contribution in [2.24, 2.45) is 5.73 Å². The van der Waals surface area contributed by atoms with Crippen LogP contribution in [-0.4, -0.2) is 13.1 Å². The first-order valence-corrected chi connectivity index (χ1v) is 6.64. The molecule has 5 nitrogen and oxygen atoms in total. The summed E-state index contributed by atoms with van der Waals surface area (Å²) in [4.78, 5) is 10.8. The Hall–Kier alpha value is -2.53. The lowest BCUT2D eigenvalue weighted by atomic mass is 10.1. The van der Waals surface area contributed by atoms with Crippen LogP contribution in [0.15, 0.2) is 48.5 Å². The maximum Gasteiger partial charge on any atom is 0.316 e. The second kappa shape index (κ2) is 7.31. The number of benzene rings is 2. The lowest BCUT2D eigenvalue weighted by molar-refractivity contribution is 0.185. The Morgan fingerprint density at radius 3 is 2.57 bits per heavy atom. The maximum absolute atomic E-state index is 10.8. The van der Waals surface area contributed by atoms with E-state index in [0.717, 1.165) is 16.8 Å². The molecule has 2 aromatic rings. The van der Waals surface area contributed by atoms with Crippen molar-refractivity contribution in [3.63, 3.8) is 0 Å². The highest BCUT2D eigenvalue weighted by Crippen LogP contribution is 2.16. The molecule has 5 heteroatoms. The number of nitrogens with two attached hydrogens (primary N) is 1. The summed E-state index contributed by atoms with van der Waals surface area (Å²) in [6, 6.07) is 15.0. The predicted octanol–water partition coefficient (Wildman–Crippen LogP) is 2.94. The number of amides is 2. The van der Waals surface area contributed by atoms with Crippen LogP contribution in [0, 0.1) is 0 Å². The Morgan fingerprint density at radius 2 is 1.81 bits per heavy atom. The zero-order chi connectivity index (χ0) is 15.1. The number of urea groups is 1. The molecule has 0 aromatic heterocycles. The number of anilines is 2. The molecule has 110 valence electrons. The van der Waals surface area contributed by atoms with E-state index in [4.69, 9.17) is 10.5 Å². The summed E-state index contributed by atoms with van der Waals surface area (Å²) >= 11 is 0. The molecule has 0 spiro atoms. The topological polar surface area (TPSA) is 76.4 Å². The van der Waals surface area contributed by atoms with Gasteiger partial charge >= 0.3 is 6.03 Å². The Bertz CT molecular complexity index is 614. The minimum Gasteiger partial charge on any atom is -0.381 e. The molecule has 0 aliphatic carbocycles. The van der Waals surface area contributed by atoms with E-state index in [-0.39, 0.29) is 0 Å². The number of carbonyl (C=O) groups is 1. The van der Waals surface area contributed by atoms with Gasteiger partial charge in [-0.05, 0) is 29.3 Å². The standard InChI is InChI=1S/C16H19N3O2/c1-21-11-13-5-2-4-12(8-13)10-18-14-6-3-7-15(9-14)19-16(17)20/h2-9,18H,10-11H2,1H3,(H3,17,19,20). The molecule has 21 heavy (non-hydrogen) atoms. The molecular formula is C16H19N3O2. The highest BCUT2D eigenvalue weighted by atomic mass is 16.5. The Kier molecular flexibility index (Phi) is 5.17. The van der Waals surface area contributed by atoms with Gasteiger partial charge in [-0.15, -0.1) is 0 Å². The number of methoxy groups -OCH3 is 1. The summed E-state index contributed by atoms with van der Waals surface area (Å²) in [5, 5.41) is 5.86. The third kappa shape index (κ3) is 4.81. The summed E-state index contributed by atoms with van der Waals surface area (Å²) in [6.45, 7) is 1.30. The molecule has 2 aromatic carbocycles. The Balaban J connectivity index is 1.99. The van der Waals surface area contributed by atoms with Gasteiger partial charge < -0.3 is 21.1 Å². The maximum atomic E-state index is 10.8. The first-order valence-electron chi connectivity index (χ1n) is 6.64. The van der Waals surface area contributed by atoms with Crippen molar-refractivity contribution < 1.29 is 9.53 Å². The highest BCUT2D eigenvalue weighted by Gasteiger charge is 1.99. The van der Waals surface area contributed by atoms with Gasteiger partial charge in [0.15, 0.2) is 0 Å². The lowest BCUT2D eigenvalue weighted by Gasteiger charge is -2.10. The lowest BCUT2D eigenvalue weighted by Crippen LogP contribution is -2.19. The van der Waals surface area contributed by atoms with Gasteiger partial charge in [0.1, 0.15) is 0 Å². The van der Waals surface area contributed by atoms with Crippen LogP contribution in [0.2, 0.25) is 0 Å². The fourth-order valence-corrected chi connectivity index (χ4v) is 2.05. The van der Waals surface area contributed by atoms with Gasteiger partial charge in [0.2, 0.25) is 0 Å². The summed E-state index contributed by atoms with van der Waals surface area (Å²) in [5.74, 6) is 0. The van der Waals surface area contributed by atoms with E-state index in [9.17, 15) is 4.79 Å². The van der Waals surface area contributed by atoms with Crippen LogP contribution in [0.1, 0.15) is 11.1 Å². The van der Waals surface area contributed by atoms with Crippen molar-refractivity contribution in [2.75, 3.05) is 17.7 Å². The van der Waals surface area contributed by atoms with Crippen LogP contribution in [0.25, 0.3) is 0 Å². The van der Waals surface area contributed by atoms with Crippen molar-refractivity contribution in [1.82, 2.24) is 0 Å². The third-order valence-corrected chi connectivity index (χ3v) is 2.93. The first-order chi connectivity index (χ1) is 10.2. The van der Waals surface area contributed by atoms with Crippen LogP contribution in [-0.2, 0) is 17.9 Å². The van der Waals surface area contributed by atoms with Crippen LogP contribution in [0.5, 0.6) is 0 Å². The second-order valence-electron chi connectivity index (χ2n) is 4.68. The van der Waals surface area contributed by atoms with Gasteiger partial charge in [-0.2, -0.15) is 0 Å². The van der Waals surface area contributed by atoms with Crippen molar-refractivity contribution in [3.05, 3.63) is 59.7 Å². The average Bonchev–Trinajstić information content (AvgIpc) is 2.46. The minimum absolute atomic E-state index is 0.570. The monoisotopic (exact) mass is 285 g/mol. The van der Waals surface area contributed by atoms with E-state index < -0.39 is 6.03 Å². The molecule has 0 atom stereocenters. The van der Waals surface area contributed by atoms with Crippen LogP contribution < -0.4 is 16.4 Å². The van der Waals surface area contributed by atoms with Gasteiger partial charge in [-0.1, -0.05) is 30.3 Å². The molecule has 0 aliphatic heterocycles. The molecule has 0 saturated heterocycles. The van der Waals surface area contributed by atoms with E-state index in [1.807, 2.05) is 30.3 Å². The van der Waals surface area contributed by atoms with Crippen LogP contribution in [0.3, 0.4) is 0 Å². The van der Waals surface area contributed by atoms with E-state index in [1.54, 1.807) is 13.2 Å². The van der Waals surface area contributed by atoms with Crippen molar-refractivity contribution in [3.8, 4) is 0 Å². The normalized spacial score (nSPS) is 10.1. The van der Waals surface area contributed by atoms with Crippen LogP contribution in [0.4, 0.5) is 16.2 Å². The van der Waals surface area contributed by atoms with E-state index >= 15 is 0 Å². The fraction of sp³-hybridized carbons (Fsp3) is 0.188. The van der Waals surface area contributed by atoms with Gasteiger partial charge in [0.25, 0.3) is 0 Å². The zero-order valence-electron chi connectivity index (χ0n) is 11.9. The number of nitrogens with one attached hydrogen (secondary N) is 2. The third-order valence-electron chi connectivity index (χ3n) is 2.93. The number of carbonyl (C=O) groups excluding carboxylic acids is 1. The summed E-state index contributed by atoms with van der Waals surface area (Å²) in [7, 11) is 1.68. The number of ether oxygens (including phenoxy) is 1. The Labute approximate surface area is 124 Å². The van der Waals surface area contributed by atoms with Crippen molar-refractivity contribution in [1.29, 1.82) is 0 Å². The molecule has 2 rings (SSSR count). The summed E-state index contributed by atoms with van der Waals surface area (Å²) < 4.78 is 5.13. The number of hydrogen-bond acceptors (Lipinski definition) is 3. The van der Waals surface area contributed by atoms with Gasteiger partial charge in [-0.25, -0.2) is 4.79 Å². The number of primary amides is 1. The minimum atomic E-state index is -0.570. The summed E-state index contributed by atoms with van der Waals surface area (Å²) in [6.07, 6.45) is 0. The number of rotatable bonds is 6. The molecule has 4 N–H and O–H groups in total. The molecule has 0 aliphatic rings. The van der Waals surface area contributed by atoms with Gasteiger partial charge in [0.05, 0.1) is 6.61 Å².